The van der Waals surface area contributed by atoms with Gasteiger partial charge < -0.3 is 5.32 Å². The standard InChI is InChI=1S/C13H10F2N2O/c1-8-3-2-4-10(12(8)15)17-13(18)9-5-6-16-11(14)7-9/h2-7H,1H3,(H,17,18). The lowest BCUT2D eigenvalue weighted by molar-refractivity contribution is 0.102. The first kappa shape index (κ1) is 12.2. The lowest BCUT2D eigenvalue weighted by Crippen LogP contribution is -2.13. The molecule has 2 rings (SSSR count). The van der Waals surface area contributed by atoms with Gasteiger partial charge in [-0.2, -0.15) is 4.39 Å². The number of pyridine rings is 1. The van der Waals surface area contributed by atoms with Crippen molar-refractivity contribution in [3.63, 3.8) is 0 Å². The summed E-state index contributed by atoms with van der Waals surface area (Å²) in [5, 5.41) is 2.39. The molecule has 0 radical (unpaired) electrons. The maximum atomic E-state index is 13.7. The van der Waals surface area contributed by atoms with E-state index in [1.807, 2.05) is 0 Å². The summed E-state index contributed by atoms with van der Waals surface area (Å²) in [5.41, 5.74) is 0.578. The second-order valence-corrected chi connectivity index (χ2v) is 3.76. The van der Waals surface area contributed by atoms with Gasteiger partial charge in [0.05, 0.1) is 5.69 Å². The smallest absolute Gasteiger partial charge is 0.255 e. The third-order valence-corrected chi connectivity index (χ3v) is 2.43. The molecule has 0 bridgehead atoms. The van der Waals surface area contributed by atoms with Crippen LogP contribution in [-0.4, -0.2) is 10.9 Å². The molecule has 1 amide bonds. The van der Waals surface area contributed by atoms with E-state index in [1.54, 1.807) is 19.1 Å². The molecule has 0 fully saturated rings. The number of hydrogen-bond acceptors (Lipinski definition) is 2. The van der Waals surface area contributed by atoms with Crippen molar-refractivity contribution in [2.75, 3.05) is 5.32 Å². The van der Waals surface area contributed by atoms with E-state index < -0.39 is 17.7 Å². The first-order valence-electron chi connectivity index (χ1n) is 5.26. The van der Waals surface area contributed by atoms with Gasteiger partial charge in [-0.15, -0.1) is 0 Å². The molecule has 1 aromatic heterocycles. The third-order valence-electron chi connectivity index (χ3n) is 2.43. The Morgan fingerprint density at radius 2 is 2.06 bits per heavy atom. The van der Waals surface area contributed by atoms with Crippen molar-refractivity contribution in [3.8, 4) is 0 Å². The molecule has 1 N–H and O–H groups in total. The van der Waals surface area contributed by atoms with Crippen LogP contribution in [0.1, 0.15) is 15.9 Å². The van der Waals surface area contributed by atoms with Gasteiger partial charge in [0.25, 0.3) is 5.91 Å². The van der Waals surface area contributed by atoms with Crippen LogP contribution in [-0.2, 0) is 0 Å². The monoisotopic (exact) mass is 248 g/mol. The highest BCUT2D eigenvalue weighted by molar-refractivity contribution is 6.04. The highest BCUT2D eigenvalue weighted by Crippen LogP contribution is 2.17. The van der Waals surface area contributed by atoms with E-state index in [1.165, 1.54) is 18.3 Å². The van der Waals surface area contributed by atoms with Crippen LogP contribution in [0.4, 0.5) is 14.5 Å². The number of aromatic nitrogens is 1. The van der Waals surface area contributed by atoms with E-state index in [0.717, 1.165) is 6.07 Å². The summed E-state index contributed by atoms with van der Waals surface area (Å²) in [4.78, 5) is 15.1. The number of rotatable bonds is 2. The second-order valence-electron chi connectivity index (χ2n) is 3.76. The number of aryl methyl sites for hydroxylation is 1. The average molecular weight is 248 g/mol. The molecule has 0 aliphatic heterocycles. The Morgan fingerprint density at radius 3 is 2.78 bits per heavy atom. The SMILES string of the molecule is Cc1cccc(NC(=O)c2ccnc(F)c2)c1F. The quantitative estimate of drug-likeness (QED) is 0.830. The van der Waals surface area contributed by atoms with Crippen molar-refractivity contribution in [3.05, 3.63) is 59.4 Å². The number of carbonyl (C=O) groups excluding carboxylic acids is 1. The fraction of sp³-hybridized carbons (Fsp3) is 0.0769. The average Bonchev–Trinajstić information content (AvgIpc) is 2.35. The summed E-state index contributed by atoms with van der Waals surface area (Å²) in [5.74, 6) is -1.84. The number of nitrogens with zero attached hydrogens (tertiary/aromatic N) is 1. The van der Waals surface area contributed by atoms with Gasteiger partial charge in [0.1, 0.15) is 5.82 Å². The van der Waals surface area contributed by atoms with E-state index in [0.29, 0.717) is 5.56 Å². The number of anilines is 1. The second kappa shape index (κ2) is 4.91. The Kier molecular flexibility index (Phi) is 3.32. The normalized spacial score (nSPS) is 10.2. The molecule has 0 saturated carbocycles. The molecule has 92 valence electrons. The van der Waals surface area contributed by atoms with E-state index in [9.17, 15) is 13.6 Å². The zero-order valence-electron chi connectivity index (χ0n) is 9.58. The lowest BCUT2D eigenvalue weighted by atomic mass is 10.2. The molecule has 0 unspecified atom stereocenters. The summed E-state index contributed by atoms with van der Waals surface area (Å²) in [6, 6.07) is 7.01. The van der Waals surface area contributed by atoms with E-state index in [-0.39, 0.29) is 11.3 Å². The van der Waals surface area contributed by atoms with Crippen molar-refractivity contribution in [2.24, 2.45) is 0 Å². The lowest BCUT2D eigenvalue weighted by Gasteiger charge is -2.07. The summed E-state index contributed by atoms with van der Waals surface area (Å²) in [6.45, 7) is 1.59. The Morgan fingerprint density at radius 1 is 1.28 bits per heavy atom. The number of amides is 1. The van der Waals surface area contributed by atoms with Gasteiger partial charge in [-0.05, 0) is 24.6 Å². The Balaban J connectivity index is 2.24. The summed E-state index contributed by atoms with van der Waals surface area (Å²) >= 11 is 0. The molecule has 0 saturated heterocycles. The predicted octanol–water partition coefficient (Wildman–Crippen LogP) is 2.92. The van der Waals surface area contributed by atoms with Crippen LogP contribution >= 0.6 is 0 Å². The first-order valence-corrected chi connectivity index (χ1v) is 5.26. The maximum Gasteiger partial charge on any atom is 0.255 e. The summed E-state index contributed by atoms with van der Waals surface area (Å²) < 4.78 is 26.5. The van der Waals surface area contributed by atoms with Gasteiger partial charge in [0.15, 0.2) is 0 Å². The van der Waals surface area contributed by atoms with Gasteiger partial charge in [-0.1, -0.05) is 12.1 Å². The molecule has 2 aromatic rings. The Bertz CT molecular complexity index is 599. The van der Waals surface area contributed by atoms with Crippen LogP contribution in [0.25, 0.3) is 0 Å². The van der Waals surface area contributed by atoms with Crippen molar-refractivity contribution in [1.82, 2.24) is 4.98 Å². The minimum absolute atomic E-state index is 0.0669. The van der Waals surface area contributed by atoms with Crippen LogP contribution in [0, 0.1) is 18.7 Å². The molecule has 0 atom stereocenters. The molecule has 3 nitrogen and oxygen atoms in total. The van der Waals surface area contributed by atoms with Crippen molar-refractivity contribution in [2.45, 2.75) is 6.92 Å². The van der Waals surface area contributed by atoms with Gasteiger partial charge in [-0.25, -0.2) is 9.37 Å². The zero-order valence-corrected chi connectivity index (χ0v) is 9.58. The highest BCUT2D eigenvalue weighted by atomic mass is 19.1. The van der Waals surface area contributed by atoms with E-state index in [2.05, 4.69) is 10.3 Å². The van der Waals surface area contributed by atoms with E-state index in [4.69, 9.17) is 0 Å². The maximum absolute atomic E-state index is 13.7. The van der Waals surface area contributed by atoms with Crippen molar-refractivity contribution < 1.29 is 13.6 Å². The molecule has 18 heavy (non-hydrogen) atoms. The predicted molar refractivity (Wildman–Crippen MR) is 63.3 cm³/mol. The van der Waals surface area contributed by atoms with Crippen LogP contribution in [0.2, 0.25) is 0 Å². The molecule has 0 aliphatic rings. The van der Waals surface area contributed by atoms with Crippen LogP contribution in [0.3, 0.4) is 0 Å². The van der Waals surface area contributed by atoms with Crippen molar-refractivity contribution >= 4 is 11.6 Å². The largest absolute Gasteiger partial charge is 0.319 e. The van der Waals surface area contributed by atoms with Gasteiger partial charge in [-0.3, -0.25) is 4.79 Å². The minimum Gasteiger partial charge on any atom is -0.319 e. The Labute approximate surface area is 102 Å². The first-order chi connectivity index (χ1) is 8.58. The molecule has 0 aliphatic carbocycles. The molecular formula is C13H10F2N2O. The van der Waals surface area contributed by atoms with E-state index >= 15 is 0 Å². The number of halogens is 2. The highest BCUT2D eigenvalue weighted by Gasteiger charge is 2.11. The topological polar surface area (TPSA) is 42.0 Å². The molecular weight excluding hydrogens is 238 g/mol. The molecule has 1 heterocycles. The third kappa shape index (κ3) is 2.51. The zero-order chi connectivity index (χ0) is 13.1. The molecule has 5 heteroatoms. The minimum atomic E-state index is -0.757. The van der Waals surface area contributed by atoms with Crippen molar-refractivity contribution in [1.29, 1.82) is 0 Å². The fourth-order valence-corrected chi connectivity index (χ4v) is 1.48. The number of hydrogen-bond donors (Lipinski definition) is 1. The van der Waals surface area contributed by atoms with Crippen LogP contribution in [0.5, 0.6) is 0 Å². The Hall–Kier alpha value is -2.30. The van der Waals surface area contributed by atoms with Gasteiger partial charge >= 0.3 is 0 Å². The van der Waals surface area contributed by atoms with Gasteiger partial charge in [0.2, 0.25) is 5.95 Å². The summed E-state index contributed by atoms with van der Waals surface area (Å²) in [6.07, 6.45) is 1.18. The number of carbonyl (C=O) groups is 1. The number of benzene rings is 1. The van der Waals surface area contributed by atoms with Crippen LogP contribution < -0.4 is 5.32 Å². The van der Waals surface area contributed by atoms with Gasteiger partial charge in [0, 0.05) is 17.8 Å². The molecule has 1 aromatic carbocycles. The molecule has 0 spiro atoms. The van der Waals surface area contributed by atoms with Crippen LogP contribution in [0.15, 0.2) is 36.5 Å². The number of nitrogens with one attached hydrogen (secondary N) is 1. The fourth-order valence-electron chi connectivity index (χ4n) is 1.48. The summed E-state index contributed by atoms with van der Waals surface area (Å²) in [7, 11) is 0.